The number of hydrogen-bond donors (Lipinski definition) is 1. The summed E-state index contributed by atoms with van der Waals surface area (Å²) >= 11 is 6.15. The highest BCUT2D eigenvalue weighted by atomic mass is 35.5. The maximum atomic E-state index is 13.0. The lowest BCUT2D eigenvalue weighted by atomic mass is 10.1. The largest absolute Gasteiger partial charge is 0.370 e. The number of rotatable bonds is 3. The van der Waals surface area contributed by atoms with Crippen molar-refractivity contribution in [1.29, 1.82) is 0 Å². The summed E-state index contributed by atoms with van der Waals surface area (Å²) < 4.78 is 7.22. The van der Waals surface area contributed by atoms with Gasteiger partial charge in [0.15, 0.2) is 0 Å². The molecule has 0 saturated carbocycles. The smallest absolute Gasteiger partial charge is 0.256 e. The van der Waals surface area contributed by atoms with Crippen molar-refractivity contribution in [3.63, 3.8) is 0 Å². The average molecular weight is 390 g/mol. The molecule has 28 heavy (non-hydrogen) atoms. The summed E-state index contributed by atoms with van der Waals surface area (Å²) in [7, 11) is 0. The lowest BCUT2D eigenvalue weighted by molar-refractivity contribution is 0.102. The Morgan fingerprint density at radius 3 is 2.71 bits per heavy atom. The molecule has 1 N–H and O–H groups in total. The summed E-state index contributed by atoms with van der Waals surface area (Å²) in [4.78, 5) is 13.0. The zero-order valence-corrected chi connectivity index (χ0v) is 15.6. The third kappa shape index (κ3) is 2.95. The number of halogens is 1. The minimum absolute atomic E-state index is 0.191. The molecule has 0 spiro atoms. The Kier molecular flexibility index (Phi) is 4.11. The predicted octanol–water partition coefficient (Wildman–Crippen LogP) is 4.96. The third-order valence-electron chi connectivity index (χ3n) is 4.85. The highest BCUT2D eigenvalue weighted by Crippen LogP contribution is 2.31. The SMILES string of the molecule is O=C(Nc1c2c(nn1-c1cccc(Cl)c1)COC2)c1ccc2ccccc2c1. The van der Waals surface area contributed by atoms with Crippen molar-refractivity contribution in [3.8, 4) is 5.69 Å². The van der Waals surface area contributed by atoms with E-state index in [0.29, 0.717) is 29.6 Å². The van der Waals surface area contributed by atoms with Crippen LogP contribution in [0.4, 0.5) is 5.82 Å². The minimum Gasteiger partial charge on any atom is -0.370 e. The maximum absolute atomic E-state index is 13.0. The van der Waals surface area contributed by atoms with Crippen LogP contribution in [0.1, 0.15) is 21.6 Å². The van der Waals surface area contributed by atoms with Crippen LogP contribution in [0.15, 0.2) is 66.7 Å². The number of anilines is 1. The van der Waals surface area contributed by atoms with Crippen LogP contribution in [-0.2, 0) is 18.0 Å². The van der Waals surface area contributed by atoms with E-state index in [9.17, 15) is 4.79 Å². The van der Waals surface area contributed by atoms with E-state index < -0.39 is 0 Å². The van der Waals surface area contributed by atoms with Gasteiger partial charge < -0.3 is 10.1 Å². The van der Waals surface area contributed by atoms with Crippen LogP contribution >= 0.6 is 11.6 Å². The molecular weight excluding hydrogens is 374 g/mol. The van der Waals surface area contributed by atoms with Gasteiger partial charge in [-0.05, 0) is 41.1 Å². The van der Waals surface area contributed by atoms with Gasteiger partial charge in [-0.2, -0.15) is 5.10 Å². The van der Waals surface area contributed by atoms with Crippen molar-refractivity contribution in [2.45, 2.75) is 13.2 Å². The Morgan fingerprint density at radius 2 is 1.86 bits per heavy atom. The molecule has 6 heteroatoms. The molecular formula is C22H16ClN3O2. The summed E-state index contributed by atoms with van der Waals surface area (Å²) in [5, 5.41) is 10.4. The molecule has 1 aliphatic heterocycles. The first-order valence-electron chi connectivity index (χ1n) is 8.94. The fourth-order valence-electron chi connectivity index (χ4n) is 3.45. The number of carbonyl (C=O) groups excluding carboxylic acids is 1. The van der Waals surface area contributed by atoms with Gasteiger partial charge in [0.05, 0.1) is 24.6 Å². The predicted molar refractivity (Wildman–Crippen MR) is 109 cm³/mol. The lowest BCUT2D eigenvalue weighted by Crippen LogP contribution is -2.16. The standard InChI is InChI=1S/C22H16ClN3O2/c23-17-6-3-7-18(11-17)26-21(19-12-28-13-20(19)25-26)24-22(27)16-9-8-14-4-1-2-5-15(14)10-16/h1-11H,12-13H2,(H,24,27). The van der Waals surface area contributed by atoms with Crippen molar-refractivity contribution >= 4 is 34.1 Å². The molecule has 1 aliphatic rings. The molecule has 4 aromatic rings. The van der Waals surface area contributed by atoms with Gasteiger partial charge in [-0.1, -0.05) is 48.0 Å². The van der Waals surface area contributed by atoms with E-state index in [0.717, 1.165) is 27.7 Å². The van der Waals surface area contributed by atoms with Crippen molar-refractivity contribution in [1.82, 2.24) is 9.78 Å². The number of hydrogen-bond acceptors (Lipinski definition) is 3. The third-order valence-corrected chi connectivity index (χ3v) is 5.08. The highest BCUT2D eigenvalue weighted by Gasteiger charge is 2.25. The molecule has 0 aliphatic carbocycles. The summed E-state index contributed by atoms with van der Waals surface area (Å²) in [6.45, 7) is 0.852. The first-order valence-corrected chi connectivity index (χ1v) is 9.31. The number of ether oxygens (including phenoxy) is 1. The van der Waals surface area contributed by atoms with E-state index in [1.165, 1.54) is 0 Å². The Morgan fingerprint density at radius 1 is 1.00 bits per heavy atom. The number of aromatic nitrogens is 2. The maximum Gasteiger partial charge on any atom is 0.256 e. The van der Waals surface area contributed by atoms with Gasteiger partial charge in [0.2, 0.25) is 0 Å². The van der Waals surface area contributed by atoms with Crippen LogP contribution in [-0.4, -0.2) is 15.7 Å². The summed E-state index contributed by atoms with van der Waals surface area (Å²) in [6, 6.07) is 21.0. The molecule has 0 bridgehead atoms. The Bertz CT molecular complexity index is 1220. The molecule has 5 rings (SSSR count). The van der Waals surface area contributed by atoms with Gasteiger partial charge in [-0.25, -0.2) is 4.68 Å². The van der Waals surface area contributed by atoms with Crippen molar-refractivity contribution in [2.24, 2.45) is 0 Å². The van der Waals surface area contributed by atoms with E-state index in [1.807, 2.05) is 60.7 Å². The van der Waals surface area contributed by atoms with Crippen molar-refractivity contribution in [2.75, 3.05) is 5.32 Å². The van der Waals surface area contributed by atoms with Gasteiger partial charge in [0.1, 0.15) is 5.82 Å². The number of nitrogens with zero attached hydrogens (tertiary/aromatic N) is 2. The van der Waals surface area contributed by atoms with Gasteiger partial charge >= 0.3 is 0 Å². The lowest BCUT2D eigenvalue weighted by Gasteiger charge is -2.12. The van der Waals surface area contributed by atoms with E-state index >= 15 is 0 Å². The summed E-state index contributed by atoms with van der Waals surface area (Å²) in [6.07, 6.45) is 0. The number of fused-ring (bicyclic) bond motifs is 2. The van der Waals surface area contributed by atoms with Crippen LogP contribution in [0.5, 0.6) is 0 Å². The Hall–Kier alpha value is -3.15. The van der Waals surface area contributed by atoms with E-state index in [1.54, 1.807) is 10.7 Å². The molecule has 2 heterocycles. The number of benzene rings is 3. The number of amides is 1. The zero-order chi connectivity index (χ0) is 19.1. The van der Waals surface area contributed by atoms with Crippen LogP contribution in [0.25, 0.3) is 16.5 Å². The monoisotopic (exact) mass is 389 g/mol. The molecule has 5 nitrogen and oxygen atoms in total. The van der Waals surface area contributed by atoms with Gasteiger partial charge in [-0.3, -0.25) is 4.79 Å². The van der Waals surface area contributed by atoms with Crippen molar-refractivity contribution < 1.29 is 9.53 Å². The fourth-order valence-corrected chi connectivity index (χ4v) is 3.63. The normalized spacial score (nSPS) is 12.9. The molecule has 0 fully saturated rings. The molecule has 0 unspecified atom stereocenters. The second-order valence-corrected chi connectivity index (χ2v) is 7.11. The molecule has 0 atom stereocenters. The molecule has 1 aromatic heterocycles. The quantitative estimate of drug-likeness (QED) is 0.538. The van der Waals surface area contributed by atoms with Gasteiger partial charge in [0, 0.05) is 16.1 Å². The first-order chi connectivity index (χ1) is 13.7. The molecule has 0 saturated heterocycles. The van der Waals surface area contributed by atoms with Gasteiger partial charge in [-0.15, -0.1) is 0 Å². The first kappa shape index (κ1) is 17.0. The van der Waals surface area contributed by atoms with E-state index in [2.05, 4.69) is 10.4 Å². The fraction of sp³-hybridized carbons (Fsp3) is 0.0909. The second kappa shape index (κ2) is 6.78. The van der Waals surface area contributed by atoms with Crippen molar-refractivity contribution in [3.05, 3.63) is 88.6 Å². The molecule has 1 amide bonds. The summed E-state index contributed by atoms with van der Waals surface area (Å²) in [5.41, 5.74) is 3.10. The van der Waals surface area contributed by atoms with Crippen LogP contribution in [0, 0.1) is 0 Å². The Balaban J connectivity index is 1.54. The summed E-state index contributed by atoms with van der Waals surface area (Å²) in [5.74, 6) is 0.427. The van der Waals surface area contributed by atoms with Crippen LogP contribution in [0.2, 0.25) is 5.02 Å². The molecule has 138 valence electrons. The van der Waals surface area contributed by atoms with E-state index in [4.69, 9.17) is 16.3 Å². The number of carbonyl (C=O) groups is 1. The molecule has 3 aromatic carbocycles. The van der Waals surface area contributed by atoms with Gasteiger partial charge in [0.25, 0.3) is 5.91 Å². The second-order valence-electron chi connectivity index (χ2n) is 6.67. The topological polar surface area (TPSA) is 56.2 Å². The number of nitrogens with one attached hydrogen (secondary N) is 1. The Labute approximate surface area is 166 Å². The highest BCUT2D eigenvalue weighted by molar-refractivity contribution is 6.30. The minimum atomic E-state index is -0.191. The van der Waals surface area contributed by atoms with E-state index in [-0.39, 0.29) is 5.91 Å². The average Bonchev–Trinajstić information content (AvgIpc) is 3.30. The van der Waals surface area contributed by atoms with Crippen LogP contribution < -0.4 is 5.32 Å². The zero-order valence-electron chi connectivity index (χ0n) is 14.9. The van der Waals surface area contributed by atoms with Crippen LogP contribution in [0.3, 0.4) is 0 Å². The molecule has 0 radical (unpaired) electrons.